The van der Waals surface area contributed by atoms with Crippen LogP contribution in [0.5, 0.6) is 0 Å². The van der Waals surface area contributed by atoms with Crippen molar-refractivity contribution in [1.82, 2.24) is 9.97 Å². The van der Waals surface area contributed by atoms with Gasteiger partial charge in [-0.05, 0) is 40.8 Å². The van der Waals surface area contributed by atoms with Gasteiger partial charge >= 0.3 is 0 Å². The molecule has 0 amide bonds. The Morgan fingerprint density at radius 3 is 2.79 bits per heavy atom. The van der Waals surface area contributed by atoms with Crippen LogP contribution in [0.2, 0.25) is 30.7 Å². The van der Waals surface area contributed by atoms with Crippen molar-refractivity contribution in [2.45, 2.75) is 32.3 Å². The van der Waals surface area contributed by atoms with Gasteiger partial charge in [0.2, 0.25) is 0 Å². The number of nitrogens with zero attached hydrogens (tertiary/aromatic N) is 1. The average molecular weight is 409 g/mol. The number of nitrogens with one attached hydrogen (secondary N) is 1. The molecule has 0 fully saturated rings. The van der Waals surface area contributed by atoms with Crippen molar-refractivity contribution < 1.29 is 4.74 Å². The first-order valence-electron chi connectivity index (χ1n) is 6.26. The molecular weight excluding hydrogens is 391 g/mol. The third kappa shape index (κ3) is 4.44. The zero-order chi connectivity index (χ0) is 14.0. The molecule has 0 aliphatic heterocycles. The van der Waals surface area contributed by atoms with E-state index in [4.69, 9.17) is 16.3 Å². The first kappa shape index (κ1) is 15.3. The monoisotopic (exact) mass is 408 g/mol. The Bertz CT molecular complexity index is 541. The van der Waals surface area contributed by atoms with E-state index in [1.165, 1.54) is 6.04 Å². The van der Waals surface area contributed by atoms with Gasteiger partial charge in [0.15, 0.2) is 0 Å². The van der Waals surface area contributed by atoms with Gasteiger partial charge in [0.05, 0.1) is 16.1 Å². The number of halogens is 2. The molecule has 2 rings (SSSR count). The van der Waals surface area contributed by atoms with Crippen LogP contribution in [0.1, 0.15) is 5.82 Å². The first-order valence-corrected chi connectivity index (χ1v) is 11.4. The summed E-state index contributed by atoms with van der Waals surface area (Å²) in [4.78, 5) is 7.76. The third-order valence-electron chi connectivity index (χ3n) is 2.81. The minimum Gasteiger partial charge on any atom is -0.374 e. The minimum absolute atomic E-state index is 0.535. The molecule has 1 heterocycles. The molecular formula is C13H18ClIN2OSi. The van der Waals surface area contributed by atoms with E-state index in [2.05, 4.69) is 52.2 Å². The van der Waals surface area contributed by atoms with Gasteiger partial charge in [-0.3, -0.25) is 0 Å². The van der Waals surface area contributed by atoms with Crippen LogP contribution in [0.4, 0.5) is 0 Å². The van der Waals surface area contributed by atoms with E-state index in [9.17, 15) is 0 Å². The number of fused-ring (bicyclic) bond motifs is 1. The lowest BCUT2D eigenvalue weighted by molar-refractivity contribution is 0.128. The molecule has 1 aromatic carbocycles. The van der Waals surface area contributed by atoms with E-state index < -0.39 is 8.07 Å². The predicted octanol–water partition coefficient (Wildman–Crippen LogP) is 4.68. The summed E-state index contributed by atoms with van der Waals surface area (Å²) in [6.07, 6.45) is 0. The lowest BCUT2D eigenvalue weighted by Gasteiger charge is -2.14. The van der Waals surface area contributed by atoms with Crippen molar-refractivity contribution in [3.63, 3.8) is 0 Å². The third-order valence-corrected chi connectivity index (χ3v) is 6.04. The highest BCUT2D eigenvalue weighted by Crippen LogP contribution is 2.24. The molecule has 19 heavy (non-hydrogen) atoms. The van der Waals surface area contributed by atoms with E-state index in [-0.39, 0.29) is 0 Å². The van der Waals surface area contributed by atoms with Gasteiger partial charge in [-0.1, -0.05) is 31.2 Å². The number of aromatic amines is 1. The van der Waals surface area contributed by atoms with E-state index in [1.54, 1.807) is 0 Å². The van der Waals surface area contributed by atoms with Gasteiger partial charge < -0.3 is 9.72 Å². The summed E-state index contributed by atoms with van der Waals surface area (Å²) < 4.78 is 6.71. The molecule has 0 aliphatic rings. The lowest BCUT2D eigenvalue weighted by atomic mass is 10.3. The highest BCUT2D eigenvalue weighted by molar-refractivity contribution is 14.1. The summed E-state index contributed by atoms with van der Waals surface area (Å²) in [5.74, 6) is 0.864. The number of ether oxygens (including phenoxy) is 1. The number of rotatable bonds is 5. The number of aromatic nitrogens is 2. The van der Waals surface area contributed by atoms with E-state index in [0.29, 0.717) is 6.61 Å². The van der Waals surface area contributed by atoms with Crippen LogP contribution in [-0.2, 0) is 11.3 Å². The molecule has 0 saturated heterocycles. The molecule has 0 spiro atoms. The first-order chi connectivity index (χ1) is 8.85. The largest absolute Gasteiger partial charge is 0.374 e. The van der Waals surface area contributed by atoms with Gasteiger partial charge in [-0.15, -0.1) is 0 Å². The standard InChI is InChI=1S/C13H18ClIN2OSi/c1-19(2,3)5-4-18-8-13-16-11-6-9(14)10(15)7-12(11)17-13/h6-7H,4-5,8H2,1-3H3,(H,16,17). The molecule has 1 N–H and O–H groups in total. The molecule has 104 valence electrons. The maximum absolute atomic E-state index is 6.09. The van der Waals surface area contributed by atoms with Crippen LogP contribution in [0, 0.1) is 3.57 Å². The molecule has 0 radical (unpaired) electrons. The summed E-state index contributed by atoms with van der Waals surface area (Å²) in [6.45, 7) is 8.39. The number of benzene rings is 1. The Kier molecular flexibility index (Phi) is 4.92. The topological polar surface area (TPSA) is 37.9 Å². The average Bonchev–Trinajstić information content (AvgIpc) is 2.66. The molecule has 0 bridgehead atoms. The zero-order valence-corrected chi connectivity index (χ0v) is 15.3. The molecule has 3 nitrogen and oxygen atoms in total. The second kappa shape index (κ2) is 6.11. The van der Waals surface area contributed by atoms with Gasteiger partial charge in [-0.2, -0.15) is 0 Å². The molecule has 0 unspecified atom stereocenters. The zero-order valence-electron chi connectivity index (χ0n) is 11.4. The van der Waals surface area contributed by atoms with Crippen LogP contribution < -0.4 is 0 Å². The maximum atomic E-state index is 6.09. The fraction of sp³-hybridized carbons (Fsp3) is 0.462. The lowest BCUT2D eigenvalue weighted by Crippen LogP contribution is -2.21. The van der Waals surface area contributed by atoms with Crippen LogP contribution in [0.3, 0.4) is 0 Å². The van der Waals surface area contributed by atoms with Crippen molar-refractivity contribution in [2.75, 3.05) is 6.61 Å². The number of imidazole rings is 1. The maximum Gasteiger partial charge on any atom is 0.133 e. The SMILES string of the molecule is C[Si](C)(C)CCOCc1nc2cc(I)c(Cl)cc2[nH]1. The fourth-order valence-electron chi connectivity index (χ4n) is 1.67. The van der Waals surface area contributed by atoms with Crippen LogP contribution in [0.25, 0.3) is 11.0 Å². The fourth-order valence-corrected chi connectivity index (χ4v) is 3.04. The second-order valence-corrected chi connectivity index (χ2v) is 13.0. The quantitative estimate of drug-likeness (QED) is 0.443. The summed E-state index contributed by atoms with van der Waals surface area (Å²) in [5, 5.41) is 0.753. The highest BCUT2D eigenvalue weighted by atomic mass is 127. The molecule has 2 aromatic rings. The van der Waals surface area contributed by atoms with Gasteiger partial charge in [0.25, 0.3) is 0 Å². The molecule has 6 heteroatoms. The van der Waals surface area contributed by atoms with E-state index >= 15 is 0 Å². The summed E-state index contributed by atoms with van der Waals surface area (Å²) in [6, 6.07) is 5.08. The van der Waals surface area contributed by atoms with Gasteiger partial charge in [0.1, 0.15) is 12.4 Å². The van der Waals surface area contributed by atoms with Crippen molar-refractivity contribution in [1.29, 1.82) is 0 Å². The Balaban J connectivity index is 1.98. The number of hydrogen-bond donors (Lipinski definition) is 1. The Morgan fingerprint density at radius 2 is 2.11 bits per heavy atom. The number of H-pyrrole nitrogens is 1. The van der Waals surface area contributed by atoms with Crippen LogP contribution >= 0.6 is 34.2 Å². The summed E-state index contributed by atoms with van der Waals surface area (Å²) in [5.41, 5.74) is 1.91. The van der Waals surface area contributed by atoms with Crippen molar-refractivity contribution >= 4 is 53.3 Å². The Morgan fingerprint density at radius 1 is 1.37 bits per heavy atom. The van der Waals surface area contributed by atoms with E-state index in [0.717, 1.165) is 32.1 Å². The van der Waals surface area contributed by atoms with Crippen molar-refractivity contribution in [3.8, 4) is 0 Å². The summed E-state index contributed by atoms with van der Waals surface area (Å²) >= 11 is 8.30. The molecule has 0 aliphatic carbocycles. The minimum atomic E-state index is -1.02. The van der Waals surface area contributed by atoms with E-state index in [1.807, 2.05) is 12.1 Å². The molecule has 1 aromatic heterocycles. The molecule has 0 atom stereocenters. The van der Waals surface area contributed by atoms with Crippen molar-refractivity contribution in [2.24, 2.45) is 0 Å². The Hall–Kier alpha value is -0.113. The number of hydrogen-bond acceptors (Lipinski definition) is 2. The normalized spacial score (nSPS) is 12.3. The van der Waals surface area contributed by atoms with Gasteiger partial charge in [0, 0.05) is 18.3 Å². The Labute approximate surface area is 133 Å². The smallest absolute Gasteiger partial charge is 0.133 e. The summed E-state index contributed by atoms with van der Waals surface area (Å²) in [7, 11) is -1.02. The van der Waals surface area contributed by atoms with Crippen LogP contribution in [0.15, 0.2) is 12.1 Å². The molecule has 0 saturated carbocycles. The van der Waals surface area contributed by atoms with Crippen molar-refractivity contribution in [3.05, 3.63) is 26.5 Å². The second-order valence-electron chi connectivity index (χ2n) is 5.83. The predicted molar refractivity (Wildman–Crippen MR) is 91.6 cm³/mol. The van der Waals surface area contributed by atoms with Gasteiger partial charge in [-0.25, -0.2) is 4.98 Å². The van der Waals surface area contributed by atoms with Crippen LogP contribution in [-0.4, -0.2) is 24.6 Å². The highest BCUT2D eigenvalue weighted by Gasteiger charge is 2.12.